The van der Waals surface area contributed by atoms with Crippen LogP contribution >= 0.6 is 0 Å². The van der Waals surface area contributed by atoms with E-state index < -0.39 is 0 Å². The quantitative estimate of drug-likeness (QED) is 0.646. The van der Waals surface area contributed by atoms with E-state index in [2.05, 4.69) is 18.9 Å². The lowest BCUT2D eigenvalue weighted by atomic mass is 9.80. The van der Waals surface area contributed by atoms with E-state index in [0.717, 1.165) is 6.04 Å². The van der Waals surface area contributed by atoms with Crippen molar-refractivity contribution in [1.29, 1.82) is 0 Å². The van der Waals surface area contributed by atoms with Crippen LogP contribution in [0.15, 0.2) is 0 Å². The molecule has 1 heterocycles. The average molecular weight is 279 g/mol. The number of fused-ring (bicyclic) bond motifs is 6. The van der Waals surface area contributed by atoms with Crippen molar-refractivity contribution in [3.8, 4) is 0 Å². The molecule has 4 unspecified atom stereocenters. The highest BCUT2D eigenvalue weighted by atomic mass is 16.5. The zero-order chi connectivity index (χ0) is 14.0. The summed E-state index contributed by atoms with van der Waals surface area (Å²) >= 11 is 0. The van der Waals surface area contributed by atoms with Gasteiger partial charge in [0.25, 0.3) is 0 Å². The summed E-state index contributed by atoms with van der Waals surface area (Å²) in [6, 6.07) is 0.794. The third-order valence-electron chi connectivity index (χ3n) is 6.42. The van der Waals surface area contributed by atoms with Crippen LogP contribution in [0, 0.1) is 0 Å². The highest BCUT2D eigenvalue weighted by molar-refractivity contribution is 4.92. The predicted octanol–water partition coefficient (Wildman–Crippen LogP) is 4.52. The number of hydrogen-bond acceptors (Lipinski definition) is 2. The number of ether oxygens (including phenoxy) is 1. The summed E-state index contributed by atoms with van der Waals surface area (Å²) in [5.74, 6) is 0. The second-order valence-corrected chi connectivity index (χ2v) is 7.79. The van der Waals surface area contributed by atoms with Crippen molar-refractivity contribution in [2.45, 2.75) is 108 Å². The van der Waals surface area contributed by atoms with Crippen molar-refractivity contribution in [1.82, 2.24) is 4.90 Å². The summed E-state index contributed by atoms with van der Waals surface area (Å²) in [6.07, 6.45) is 17.3. The van der Waals surface area contributed by atoms with Crippen LogP contribution in [0.25, 0.3) is 0 Å². The molecule has 4 bridgehead atoms. The Hall–Kier alpha value is -0.0800. The number of nitrogens with zero attached hydrogens (tertiary/aromatic N) is 1. The predicted molar refractivity (Wildman–Crippen MR) is 84.0 cm³/mol. The van der Waals surface area contributed by atoms with Gasteiger partial charge in [-0.2, -0.15) is 0 Å². The molecule has 4 atom stereocenters. The maximum atomic E-state index is 6.53. The fraction of sp³-hybridized carbons (Fsp3) is 1.00. The van der Waals surface area contributed by atoms with Crippen LogP contribution in [0.3, 0.4) is 0 Å². The minimum absolute atomic E-state index is 0.415. The van der Waals surface area contributed by atoms with Crippen LogP contribution in [0.5, 0.6) is 0 Å². The molecule has 0 radical (unpaired) electrons. The van der Waals surface area contributed by atoms with Gasteiger partial charge in [-0.15, -0.1) is 0 Å². The summed E-state index contributed by atoms with van der Waals surface area (Å²) in [5, 5.41) is 0. The standard InChI is InChI=1S/C18H33NO/c1-18-13-6-5-9-17(12-14-18)20-16-8-4-3-7-15(10-11-16)19(18)2/h15-17H,3-14H2,1-2H3. The van der Waals surface area contributed by atoms with Crippen molar-refractivity contribution in [3.05, 3.63) is 0 Å². The van der Waals surface area contributed by atoms with E-state index >= 15 is 0 Å². The average Bonchev–Trinajstić information content (AvgIpc) is 2.39. The molecule has 2 nitrogen and oxygen atoms in total. The Morgan fingerprint density at radius 3 is 2.35 bits per heavy atom. The Balaban J connectivity index is 1.84. The Morgan fingerprint density at radius 2 is 1.50 bits per heavy atom. The van der Waals surface area contributed by atoms with E-state index in [9.17, 15) is 0 Å². The number of hydrogen-bond donors (Lipinski definition) is 0. The molecule has 0 spiro atoms. The second kappa shape index (κ2) is 6.36. The maximum absolute atomic E-state index is 6.53. The van der Waals surface area contributed by atoms with Gasteiger partial charge in [0.2, 0.25) is 0 Å². The molecule has 116 valence electrons. The van der Waals surface area contributed by atoms with Gasteiger partial charge in [-0.1, -0.05) is 25.7 Å². The molecule has 0 amide bonds. The highest BCUT2D eigenvalue weighted by Crippen LogP contribution is 2.37. The lowest BCUT2D eigenvalue weighted by Gasteiger charge is -2.48. The Bertz CT molecular complexity index is 319. The van der Waals surface area contributed by atoms with Crippen molar-refractivity contribution >= 4 is 0 Å². The van der Waals surface area contributed by atoms with Gasteiger partial charge in [0.05, 0.1) is 12.2 Å². The van der Waals surface area contributed by atoms with Crippen molar-refractivity contribution < 1.29 is 4.74 Å². The van der Waals surface area contributed by atoms with Gasteiger partial charge in [0, 0.05) is 11.6 Å². The Labute approximate surface area is 125 Å². The molecule has 0 aromatic carbocycles. The SMILES string of the molecule is CN1C2CCCCC(CC2)OC2CCCCC1(C)CC2. The first kappa shape index (κ1) is 14.8. The van der Waals surface area contributed by atoms with Gasteiger partial charge < -0.3 is 4.74 Å². The molecule has 20 heavy (non-hydrogen) atoms. The van der Waals surface area contributed by atoms with E-state index in [1.54, 1.807) is 0 Å². The zero-order valence-corrected chi connectivity index (χ0v) is 13.6. The molecular weight excluding hydrogens is 246 g/mol. The largest absolute Gasteiger partial charge is 0.375 e. The molecule has 0 N–H and O–H groups in total. The van der Waals surface area contributed by atoms with E-state index in [1.807, 2.05) is 0 Å². The summed E-state index contributed by atoms with van der Waals surface area (Å²) in [4.78, 5) is 2.78. The van der Waals surface area contributed by atoms with Crippen LogP contribution in [-0.2, 0) is 4.74 Å². The third kappa shape index (κ3) is 3.22. The minimum Gasteiger partial charge on any atom is -0.375 e. The third-order valence-corrected chi connectivity index (χ3v) is 6.42. The van der Waals surface area contributed by atoms with Crippen molar-refractivity contribution in [2.24, 2.45) is 0 Å². The van der Waals surface area contributed by atoms with E-state index in [1.165, 1.54) is 77.0 Å². The first-order chi connectivity index (χ1) is 9.67. The molecule has 2 saturated carbocycles. The minimum atomic E-state index is 0.415. The van der Waals surface area contributed by atoms with Gasteiger partial charge in [-0.05, 0) is 65.3 Å². The zero-order valence-electron chi connectivity index (χ0n) is 13.6. The highest BCUT2D eigenvalue weighted by Gasteiger charge is 2.37. The first-order valence-electron chi connectivity index (χ1n) is 9.06. The molecule has 0 aromatic heterocycles. The summed E-state index contributed by atoms with van der Waals surface area (Å²) in [7, 11) is 2.42. The summed E-state index contributed by atoms with van der Waals surface area (Å²) in [5.41, 5.74) is 0.415. The lowest BCUT2D eigenvalue weighted by molar-refractivity contribution is -0.0677. The molecule has 2 aliphatic carbocycles. The fourth-order valence-corrected chi connectivity index (χ4v) is 4.76. The van der Waals surface area contributed by atoms with Crippen LogP contribution in [0.2, 0.25) is 0 Å². The smallest absolute Gasteiger partial charge is 0.0579 e. The second-order valence-electron chi connectivity index (χ2n) is 7.79. The van der Waals surface area contributed by atoms with Crippen molar-refractivity contribution in [3.63, 3.8) is 0 Å². The van der Waals surface area contributed by atoms with Crippen molar-refractivity contribution in [2.75, 3.05) is 7.05 Å². The molecule has 1 saturated heterocycles. The first-order valence-corrected chi connectivity index (χ1v) is 9.06. The van der Waals surface area contributed by atoms with Gasteiger partial charge in [0.1, 0.15) is 0 Å². The van der Waals surface area contributed by atoms with Gasteiger partial charge >= 0.3 is 0 Å². The Kier molecular flexibility index (Phi) is 4.72. The van der Waals surface area contributed by atoms with Crippen LogP contribution in [-0.4, -0.2) is 35.7 Å². The Morgan fingerprint density at radius 1 is 0.800 bits per heavy atom. The summed E-state index contributed by atoms with van der Waals surface area (Å²) < 4.78 is 6.53. The molecule has 0 aromatic rings. The molecule has 1 aliphatic heterocycles. The maximum Gasteiger partial charge on any atom is 0.0579 e. The van der Waals surface area contributed by atoms with Gasteiger partial charge in [0.15, 0.2) is 0 Å². The number of rotatable bonds is 0. The van der Waals surface area contributed by atoms with Gasteiger partial charge in [-0.3, -0.25) is 4.90 Å². The molecule has 2 heteroatoms. The van der Waals surface area contributed by atoms with Crippen LogP contribution in [0.1, 0.15) is 84.0 Å². The normalized spacial score (nSPS) is 44.4. The molecule has 3 aliphatic rings. The van der Waals surface area contributed by atoms with E-state index in [-0.39, 0.29) is 0 Å². The molecule has 3 fully saturated rings. The van der Waals surface area contributed by atoms with Crippen LogP contribution in [0.4, 0.5) is 0 Å². The molecular formula is C18H33NO. The molecule has 3 rings (SSSR count). The van der Waals surface area contributed by atoms with E-state index in [4.69, 9.17) is 4.74 Å². The fourth-order valence-electron chi connectivity index (χ4n) is 4.76. The topological polar surface area (TPSA) is 12.5 Å². The lowest BCUT2D eigenvalue weighted by Crippen LogP contribution is -2.51. The van der Waals surface area contributed by atoms with E-state index in [0.29, 0.717) is 17.7 Å². The monoisotopic (exact) mass is 279 g/mol. The summed E-state index contributed by atoms with van der Waals surface area (Å²) in [6.45, 7) is 2.52. The van der Waals surface area contributed by atoms with Crippen LogP contribution < -0.4 is 0 Å². The van der Waals surface area contributed by atoms with Gasteiger partial charge in [-0.25, -0.2) is 0 Å².